The number of aromatic nitrogens is 4. The van der Waals surface area contributed by atoms with E-state index >= 15 is 0 Å². The van der Waals surface area contributed by atoms with E-state index in [2.05, 4.69) is 25.5 Å². The van der Waals surface area contributed by atoms with Gasteiger partial charge in [0.1, 0.15) is 5.69 Å². The minimum Gasteiger partial charge on any atom is -0.278 e. The lowest BCUT2D eigenvalue weighted by Crippen LogP contribution is -2.33. The Morgan fingerprint density at radius 2 is 1.72 bits per heavy atom. The second-order valence-corrected chi connectivity index (χ2v) is 10.0. The number of hydroxylamine groups is 1. The molecule has 212 valence electrons. The van der Waals surface area contributed by atoms with Crippen molar-refractivity contribution in [1.82, 2.24) is 25.2 Å². The van der Waals surface area contributed by atoms with E-state index in [0.717, 1.165) is 30.1 Å². The number of amidine groups is 1. The van der Waals surface area contributed by atoms with Gasteiger partial charge < -0.3 is 0 Å². The minimum absolute atomic E-state index is 0.0510. The van der Waals surface area contributed by atoms with Gasteiger partial charge in [0, 0.05) is 30.6 Å². The Labute approximate surface area is 215 Å². The van der Waals surface area contributed by atoms with Crippen LogP contribution >= 0.6 is 0 Å². The van der Waals surface area contributed by atoms with Gasteiger partial charge in [-0.1, -0.05) is 6.92 Å². The number of sulfone groups is 1. The van der Waals surface area contributed by atoms with Crippen LogP contribution in [0.25, 0.3) is 11.3 Å². The van der Waals surface area contributed by atoms with Gasteiger partial charge in [-0.2, -0.15) is 40.2 Å². The SMILES string of the molecule is CCS(=O)(=O)c1cc(-c2cc(C(F)(F)F)nn2C)cnc1C(=Nc1ccc(C(F)(F)C(F)(F)F)cn1)NOC. The Morgan fingerprint density at radius 3 is 2.21 bits per heavy atom. The molecule has 0 radical (unpaired) electrons. The van der Waals surface area contributed by atoms with Crippen molar-refractivity contribution < 1.29 is 48.4 Å². The first-order chi connectivity index (χ1) is 17.9. The Bertz CT molecular complexity index is 1480. The van der Waals surface area contributed by atoms with Gasteiger partial charge in [-0.3, -0.25) is 14.5 Å². The van der Waals surface area contributed by atoms with E-state index in [1.165, 1.54) is 14.0 Å². The molecule has 3 aromatic rings. The van der Waals surface area contributed by atoms with Crippen molar-refractivity contribution in [3.8, 4) is 11.3 Å². The van der Waals surface area contributed by atoms with Crippen molar-refractivity contribution in [2.45, 2.75) is 30.1 Å². The number of rotatable bonds is 7. The van der Waals surface area contributed by atoms with Gasteiger partial charge in [-0.05, 0) is 24.3 Å². The fourth-order valence-electron chi connectivity index (χ4n) is 3.17. The maximum atomic E-state index is 13.6. The number of hydrogen-bond donors (Lipinski definition) is 1. The molecule has 0 amide bonds. The van der Waals surface area contributed by atoms with Crippen LogP contribution in [0.4, 0.5) is 40.9 Å². The molecule has 18 heteroatoms. The van der Waals surface area contributed by atoms with Crippen molar-refractivity contribution in [3.05, 3.63) is 53.6 Å². The van der Waals surface area contributed by atoms with Crippen LogP contribution in [0.15, 0.2) is 46.5 Å². The van der Waals surface area contributed by atoms with Gasteiger partial charge in [-0.15, -0.1) is 0 Å². The van der Waals surface area contributed by atoms with E-state index in [4.69, 9.17) is 4.84 Å². The van der Waals surface area contributed by atoms with E-state index in [9.17, 15) is 43.5 Å². The number of aliphatic imine (C=N–C) groups is 1. The molecule has 0 fully saturated rings. The Hall–Kier alpha value is -3.67. The van der Waals surface area contributed by atoms with Crippen LogP contribution in [0.5, 0.6) is 0 Å². The molecule has 1 N–H and O–H groups in total. The average molecular weight is 586 g/mol. The third kappa shape index (κ3) is 6.16. The third-order valence-electron chi connectivity index (χ3n) is 5.15. The van der Waals surface area contributed by atoms with Crippen LogP contribution in [0.2, 0.25) is 0 Å². The van der Waals surface area contributed by atoms with E-state index in [1.54, 1.807) is 0 Å². The van der Waals surface area contributed by atoms with E-state index in [-0.39, 0.29) is 17.5 Å². The van der Waals surface area contributed by atoms with Crippen molar-refractivity contribution in [2.24, 2.45) is 12.0 Å². The van der Waals surface area contributed by atoms with Crippen LogP contribution in [0.1, 0.15) is 23.9 Å². The second kappa shape index (κ2) is 10.5. The van der Waals surface area contributed by atoms with Crippen LogP contribution in [0.3, 0.4) is 0 Å². The smallest absolute Gasteiger partial charge is 0.278 e. The molecule has 0 saturated carbocycles. The van der Waals surface area contributed by atoms with Gasteiger partial charge in [0.05, 0.1) is 23.5 Å². The molecule has 0 unspecified atom stereocenters. The topological polar surface area (TPSA) is 111 Å². The molecule has 0 spiro atoms. The van der Waals surface area contributed by atoms with Crippen molar-refractivity contribution in [3.63, 3.8) is 0 Å². The summed E-state index contributed by atoms with van der Waals surface area (Å²) in [5.74, 6) is -6.53. The molecule has 0 atom stereocenters. The first-order valence-corrected chi connectivity index (χ1v) is 12.2. The van der Waals surface area contributed by atoms with Gasteiger partial charge in [0.15, 0.2) is 27.2 Å². The zero-order valence-corrected chi connectivity index (χ0v) is 20.9. The molecule has 39 heavy (non-hydrogen) atoms. The van der Waals surface area contributed by atoms with E-state index in [1.807, 2.05) is 0 Å². The standard InChI is InChI=1S/C21H18F8N6O3S/c1-4-39(36,37)14-7-11(13-8-15(20(24,25)26)33-35(13)2)9-31-17(14)18(34-38-3)32-16-6-5-12(10-30-16)19(22,23)21(27,28)29/h5-10H,4H2,1-3H3,(H,30,32,34). The molecule has 3 rings (SSSR count). The number of hydrogen-bond acceptors (Lipinski definition) is 7. The molecule has 3 heterocycles. The predicted molar refractivity (Wildman–Crippen MR) is 120 cm³/mol. The maximum absolute atomic E-state index is 13.6. The van der Waals surface area contributed by atoms with Gasteiger partial charge in [-0.25, -0.2) is 23.9 Å². The Balaban J connectivity index is 2.15. The van der Waals surface area contributed by atoms with Crippen LogP contribution < -0.4 is 5.48 Å². The summed E-state index contributed by atoms with van der Waals surface area (Å²) in [6.07, 6.45) is -9.35. The highest BCUT2D eigenvalue weighted by Crippen LogP contribution is 2.43. The maximum Gasteiger partial charge on any atom is 0.458 e. The Kier molecular flexibility index (Phi) is 8.03. The lowest BCUT2D eigenvalue weighted by atomic mass is 10.1. The number of aryl methyl sites for hydroxylation is 1. The molecule has 0 saturated heterocycles. The van der Waals surface area contributed by atoms with Crippen LogP contribution in [-0.2, 0) is 33.8 Å². The summed E-state index contributed by atoms with van der Waals surface area (Å²) >= 11 is 0. The fourth-order valence-corrected chi connectivity index (χ4v) is 4.23. The molecule has 0 aromatic carbocycles. The number of halogens is 8. The highest BCUT2D eigenvalue weighted by molar-refractivity contribution is 7.91. The number of pyridine rings is 2. The Morgan fingerprint density at radius 1 is 1.05 bits per heavy atom. The van der Waals surface area contributed by atoms with Gasteiger partial charge in [0.2, 0.25) is 0 Å². The number of alkyl halides is 8. The zero-order chi connectivity index (χ0) is 29.4. The quantitative estimate of drug-likeness (QED) is 0.187. The summed E-state index contributed by atoms with van der Waals surface area (Å²) in [6.45, 7) is 1.29. The van der Waals surface area contributed by atoms with Crippen LogP contribution in [-0.4, -0.2) is 53.0 Å². The monoisotopic (exact) mass is 586 g/mol. The molecular weight excluding hydrogens is 568 g/mol. The van der Waals surface area contributed by atoms with Gasteiger partial charge >= 0.3 is 18.3 Å². The summed E-state index contributed by atoms with van der Waals surface area (Å²) < 4.78 is 131. The molecule has 0 aliphatic heterocycles. The molecule has 0 aliphatic rings. The second-order valence-electron chi connectivity index (χ2n) is 7.75. The van der Waals surface area contributed by atoms with Crippen LogP contribution in [0, 0.1) is 0 Å². The predicted octanol–water partition coefficient (Wildman–Crippen LogP) is 4.57. The molecular formula is C21H18F8N6O3S. The van der Waals surface area contributed by atoms with Crippen molar-refractivity contribution in [2.75, 3.05) is 12.9 Å². The van der Waals surface area contributed by atoms with E-state index in [0.29, 0.717) is 12.1 Å². The first kappa shape index (κ1) is 29.9. The normalized spacial score (nSPS) is 13.6. The highest BCUT2D eigenvalue weighted by atomic mass is 32.2. The average Bonchev–Trinajstić information content (AvgIpc) is 3.25. The highest BCUT2D eigenvalue weighted by Gasteiger charge is 2.58. The zero-order valence-electron chi connectivity index (χ0n) is 20.1. The van der Waals surface area contributed by atoms with Crippen molar-refractivity contribution in [1.29, 1.82) is 0 Å². The molecule has 0 bridgehead atoms. The van der Waals surface area contributed by atoms with Crippen molar-refractivity contribution >= 4 is 21.5 Å². The summed E-state index contributed by atoms with van der Waals surface area (Å²) in [4.78, 5) is 15.7. The lowest BCUT2D eigenvalue weighted by molar-refractivity contribution is -0.289. The summed E-state index contributed by atoms with van der Waals surface area (Å²) in [5, 5.41) is 3.38. The number of nitrogens with one attached hydrogen (secondary N) is 1. The summed E-state index contributed by atoms with van der Waals surface area (Å²) in [7, 11) is -1.81. The largest absolute Gasteiger partial charge is 0.458 e. The molecule has 0 aliphatic carbocycles. The van der Waals surface area contributed by atoms with E-state index < -0.39 is 67.4 Å². The fraction of sp³-hybridized carbons (Fsp3) is 0.333. The summed E-state index contributed by atoms with van der Waals surface area (Å²) in [5.41, 5.74) is -1.01. The minimum atomic E-state index is -5.87. The molecule has 3 aromatic heterocycles. The first-order valence-electron chi connectivity index (χ1n) is 10.6. The third-order valence-corrected chi connectivity index (χ3v) is 6.89. The summed E-state index contributed by atoms with van der Waals surface area (Å²) in [6, 6.07) is 2.89. The van der Waals surface area contributed by atoms with Gasteiger partial charge in [0.25, 0.3) is 0 Å². The molecule has 9 nitrogen and oxygen atoms in total. The number of nitrogens with zero attached hydrogens (tertiary/aromatic N) is 5. The lowest BCUT2D eigenvalue weighted by Gasteiger charge is -2.19.